The van der Waals surface area contributed by atoms with Crippen LogP contribution in [0.4, 0.5) is 0 Å². The smallest absolute Gasteiger partial charge is 0.236 e. The molecule has 0 unspecified atom stereocenters. The van der Waals surface area contributed by atoms with E-state index >= 15 is 0 Å². The summed E-state index contributed by atoms with van der Waals surface area (Å²) in [6.07, 6.45) is 3.06. The number of carbonyl (C=O) groups is 1. The van der Waals surface area contributed by atoms with Crippen LogP contribution in [0.3, 0.4) is 0 Å². The summed E-state index contributed by atoms with van der Waals surface area (Å²) in [5, 5.41) is 0. The highest BCUT2D eigenvalue weighted by atomic mass is 16.2. The van der Waals surface area contributed by atoms with Crippen LogP contribution in [0, 0.1) is 12.8 Å². The topological polar surface area (TPSA) is 36.4 Å². The van der Waals surface area contributed by atoms with E-state index in [0.717, 1.165) is 30.3 Å². The average molecular weight is 261 g/mol. The molecule has 4 nitrogen and oxygen atoms in total. The van der Waals surface area contributed by atoms with Crippen molar-refractivity contribution in [2.45, 2.75) is 26.8 Å². The first-order chi connectivity index (χ1) is 9.08. The zero-order valence-electron chi connectivity index (χ0n) is 12.1. The maximum absolute atomic E-state index is 12.1. The van der Waals surface area contributed by atoms with Gasteiger partial charge in [0.15, 0.2) is 0 Å². The van der Waals surface area contributed by atoms with E-state index in [2.05, 4.69) is 16.8 Å². The molecule has 1 fully saturated rings. The van der Waals surface area contributed by atoms with E-state index in [-0.39, 0.29) is 5.91 Å². The Bertz CT molecular complexity index is 424. The van der Waals surface area contributed by atoms with Crippen molar-refractivity contribution in [3.8, 4) is 0 Å². The Kier molecular flexibility index (Phi) is 4.53. The fourth-order valence-electron chi connectivity index (χ4n) is 2.30. The Balaban J connectivity index is 1.78. The molecule has 104 valence electrons. The Hall–Kier alpha value is -1.42. The number of carbonyl (C=O) groups excluding carboxylic acids is 1. The molecule has 19 heavy (non-hydrogen) atoms. The van der Waals surface area contributed by atoms with Gasteiger partial charge in [-0.1, -0.05) is 19.4 Å². The molecule has 1 saturated heterocycles. The third-order valence-corrected chi connectivity index (χ3v) is 3.77. The van der Waals surface area contributed by atoms with Crippen molar-refractivity contribution in [2.75, 3.05) is 26.7 Å². The molecule has 0 radical (unpaired) electrons. The Morgan fingerprint density at radius 3 is 2.79 bits per heavy atom. The molecule has 0 aromatic carbocycles. The van der Waals surface area contributed by atoms with E-state index in [1.807, 2.05) is 32.3 Å². The molecule has 0 N–H and O–H groups in total. The number of likely N-dealkylation sites (N-methyl/N-ethyl adjacent to an activating group) is 1. The Morgan fingerprint density at radius 1 is 1.47 bits per heavy atom. The fraction of sp³-hybridized carbons (Fsp3) is 0.600. The van der Waals surface area contributed by atoms with Gasteiger partial charge in [0.05, 0.1) is 18.8 Å². The standard InChI is InChI=1S/C15H23N3O/c1-4-13-8-18(9-13)11-15(19)17(3)10-14-6-5-12(2)7-16-14/h5-7,13H,4,8-11H2,1-3H3. The first-order valence-corrected chi connectivity index (χ1v) is 6.96. The van der Waals surface area contributed by atoms with Crippen molar-refractivity contribution >= 4 is 5.91 Å². The molecule has 0 atom stereocenters. The van der Waals surface area contributed by atoms with Crippen LogP contribution in [0.2, 0.25) is 0 Å². The second-order valence-electron chi connectivity index (χ2n) is 5.55. The molecule has 1 aliphatic rings. The van der Waals surface area contributed by atoms with Crippen LogP contribution < -0.4 is 0 Å². The predicted molar refractivity (Wildman–Crippen MR) is 75.7 cm³/mol. The van der Waals surface area contributed by atoms with Gasteiger partial charge < -0.3 is 4.90 Å². The summed E-state index contributed by atoms with van der Waals surface area (Å²) in [5.74, 6) is 0.966. The van der Waals surface area contributed by atoms with Crippen LogP contribution in [0.25, 0.3) is 0 Å². The van der Waals surface area contributed by atoms with Crippen molar-refractivity contribution in [2.24, 2.45) is 5.92 Å². The van der Waals surface area contributed by atoms with E-state index < -0.39 is 0 Å². The molecule has 0 spiro atoms. The predicted octanol–water partition coefficient (Wildman–Crippen LogP) is 1.69. The summed E-state index contributed by atoms with van der Waals surface area (Å²) in [5.41, 5.74) is 2.08. The van der Waals surface area contributed by atoms with Crippen LogP contribution in [-0.4, -0.2) is 47.4 Å². The van der Waals surface area contributed by atoms with Crippen LogP contribution >= 0.6 is 0 Å². The minimum atomic E-state index is 0.178. The second kappa shape index (κ2) is 6.15. The molecule has 1 aliphatic heterocycles. The normalized spacial score (nSPS) is 16.2. The van der Waals surface area contributed by atoms with Gasteiger partial charge in [0, 0.05) is 26.3 Å². The van der Waals surface area contributed by atoms with E-state index in [1.165, 1.54) is 6.42 Å². The molecule has 0 saturated carbocycles. The second-order valence-corrected chi connectivity index (χ2v) is 5.55. The molecule has 1 amide bonds. The highest BCUT2D eigenvalue weighted by molar-refractivity contribution is 5.78. The van der Waals surface area contributed by atoms with Gasteiger partial charge in [-0.3, -0.25) is 14.7 Å². The SMILES string of the molecule is CCC1CN(CC(=O)N(C)Cc2ccc(C)cn2)C1. The van der Waals surface area contributed by atoms with Gasteiger partial charge in [0.25, 0.3) is 0 Å². The number of hydrogen-bond acceptors (Lipinski definition) is 3. The lowest BCUT2D eigenvalue weighted by atomic mass is 9.97. The zero-order chi connectivity index (χ0) is 13.8. The van der Waals surface area contributed by atoms with Gasteiger partial charge in [-0.25, -0.2) is 0 Å². The maximum Gasteiger partial charge on any atom is 0.236 e. The average Bonchev–Trinajstić information content (AvgIpc) is 2.35. The van der Waals surface area contributed by atoms with Gasteiger partial charge >= 0.3 is 0 Å². The van der Waals surface area contributed by atoms with E-state index in [4.69, 9.17) is 0 Å². The first-order valence-electron chi connectivity index (χ1n) is 6.96. The van der Waals surface area contributed by atoms with Gasteiger partial charge in [-0.05, 0) is 24.5 Å². The van der Waals surface area contributed by atoms with Crippen molar-refractivity contribution in [3.63, 3.8) is 0 Å². The van der Waals surface area contributed by atoms with E-state index in [1.54, 1.807) is 4.90 Å². The van der Waals surface area contributed by atoms with Gasteiger partial charge in [-0.15, -0.1) is 0 Å². The number of likely N-dealkylation sites (tertiary alicyclic amines) is 1. The summed E-state index contributed by atoms with van der Waals surface area (Å²) in [6, 6.07) is 4.01. The highest BCUT2D eigenvalue weighted by Crippen LogP contribution is 2.18. The van der Waals surface area contributed by atoms with Crippen molar-refractivity contribution in [3.05, 3.63) is 29.6 Å². The molecule has 1 aromatic rings. The Morgan fingerprint density at radius 2 is 2.21 bits per heavy atom. The lowest BCUT2D eigenvalue weighted by Crippen LogP contribution is -2.50. The molecule has 2 heterocycles. The van der Waals surface area contributed by atoms with Crippen LogP contribution in [-0.2, 0) is 11.3 Å². The summed E-state index contributed by atoms with van der Waals surface area (Å²) in [4.78, 5) is 20.4. The van der Waals surface area contributed by atoms with E-state index in [9.17, 15) is 4.79 Å². The monoisotopic (exact) mass is 261 g/mol. The number of rotatable bonds is 5. The quantitative estimate of drug-likeness (QED) is 0.809. The molecular formula is C15H23N3O. The summed E-state index contributed by atoms with van der Waals surface area (Å²) in [6.45, 7) is 7.49. The van der Waals surface area contributed by atoms with Crippen LogP contribution in [0.5, 0.6) is 0 Å². The van der Waals surface area contributed by atoms with E-state index in [0.29, 0.717) is 13.1 Å². The Labute approximate surface area is 115 Å². The lowest BCUT2D eigenvalue weighted by molar-refractivity contribution is -0.133. The molecule has 2 rings (SSSR count). The minimum absolute atomic E-state index is 0.178. The largest absolute Gasteiger partial charge is 0.339 e. The molecule has 0 bridgehead atoms. The molecular weight excluding hydrogens is 238 g/mol. The van der Waals surface area contributed by atoms with Gasteiger partial charge in [-0.2, -0.15) is 0 Å². The summed E-state index contributed by atoms with van der Waals surface area (Å²) >= 11 is 0. The molecule has 1 aromatic heterocycles. The summed E-state index contributed by atoms with van der Waals surface area (Å²) in [7, 11) is 1.85. The fourth-order valence-corrected chi connectivity index (χ4v) is 2.30. The number of hydrogen-bond donors (Lipinski definition) is 0. The molecule has 4 heteroatoms. The van der Waals surface area contributed by atoms with Crippen molar-refractivity contribution in [1.29, 1.82) is 0 Å². The number of amides is 1. The zero-order valence-corrected chi connectivity index (χ0v) is 12.1. The van der Waals surface area contributed by atoms with Crippen LogP contribution in [0.1, 0.15) is 24.6 Å². The number of aromatic nitrogens is 1. The number of nitrogens with zero attached hydrogens (tertiary/aromatic N) is 3. The maximum atomic E-state index is 12.1. The first kappa shape index (κ1) is 14.0. The molecule has 0 aliphatic carbocycles. The van der Waals surface area contributed by atoms with Crippen LogP contribution in [0.15, 0.2) is 18.3 Å². The minimum Gasteiger partial charge on any atom is -0.339 e. The number of pyridine rings is 1. The highest BCUT2D eigenvalue weighted by Gasteiger charge is 2.27. The summed E-state index contributed by atoms with van der Waals surface area (Å²) < 4.78 is 0. The third kappa shape index (κ3) is 3.77. The van der Waals surface area contributed by atoms with Crippen molar-refractivity contribution < 1.29 is 4.79 Å². The third-order valence-electron chi connectivity index (χ3n) is 3.77. The van der Waals surface area contributed by atoms with Crippen molar-refractivity contribution in [1.82, 2.24) is 14.8 Å². The lowest BCUT2D eigenvalue weighted by Gasteiger charge is -2.38. The number of aryl methyl sites for hydroxylation is 1. The van der Waals surface area contributed by atoms with Gasteiger partial charge in [0.2, 0.25) is 5.91 Å². The van der Waals surface area contributed by atoms with Gasteiger partial charge in [0.1, 0.15) is 0 Å².